The summed E-state index contributed by atoms with van der Waals surface area (Å²) in [5, 5.41) is 0. The summed E-state index contributed by atoms with van der Waals surface area (Å²) in [7, 11) is -3.68. The lowest BCUT2D eigenvalue weighted by atomic mass is 10.1. The molecule has 0 aliphatic carbocycles. The van der Waals surface area contributed by atoms with Crippen molar-refractivity contribution in [1.82, 2.24) is 15.2 Å². The second kappa shape index (κ2) is 10.1. The van der Waals surface area contributed by atoms with Crippen LogP contribution in [0.2, 0.25) is 0 Å². The second-order valence-electron chi connectivity index (χ2n) is 8.04. The molecule has 2 aromatic carbocycles. The lowest BCUT2D eigenvalue weighted by Gasteiger charge is -2.26. The summed E-state index contributed by atoms with van der Waals surface area (Å²) >= 11 is 0. The molecule has 0 saturated carbocycles. The van der Waals surface area contributed by atoms with E-state index in [4.69, 9.17) is 4.74 Å². The predicted octanol–water partition coefficient (Wildman–Crippen LogP) is 3.03. The average Bonchev–Trinajstić information content (AvgIpc) is 2.78. The van der Waals surface area contributed by atoms with Crippen molar-refractivity contribution < 1.29 is 22.7 Å². The van der Waals surface area contributed by atoms with Crippen LogP contribution in [-0.2, 0) is 10.0 Å². The fourth-order valence-electron chi connectivity index (χ4n) is 3.48. The molecule has 0 radical (unpaired) electrons. The van der Waals surface area contributed by atoms with Crippen LogP contribution in [-0.4, -0.2) is 43.7 Å². The molecular weight excluding hydrogens is 430 g/mol. The van der Waals surface area contributed by atoms with Crippen LogP contribution >= 0.6 is 0 Å². The number of nitrogens with one attached hydrogen (secondary N) is 2. The Morgan fingerprint density at radius 3 is 2.06 bits per heavy atom. The van der Waals surface area contributed by atoms with Crippen LogP contribution in [0.3, 0.4) is 0 Å². The SMILES string of the molecule is Cc1ccc(C(=O)NNC(=O)c2ccc(OC(C)C)cc2)cc1S(=O)(=O)N1CCCCC1. The Hall–Kier alpha value is -2.91. The zero-order chi connectivity index (χ0) is 23.3. The minimum Gasteiger partial charge on any atom is -0.491 e. The zero-order valence-electron chi connectivity index (χ0n) is 18.6. The Morgan fingerprint density at radius 1 is 0.906 bits per heavy atom. The van der Waals surface area contributed by atoms with Crippen molar-refractivity contribution in [1.29, 1.82) is 0 Å². The summed E-state index contributed by atoms with van der Waals surface area (Å²) in [4.78, 5) is 25.0. The van der Waals surface area contributed by atoms with Crippen LogP contribution in [0.15, 0.2) is 47.4 Å². The van der Waals surface area contributed by atoms with E-state index in [1.165, 1.54) is 16.4 Å². The summed E-state index contributed by atoms with van der Waals surface area (Å²) in [5.41, 5.74) is 5.76. The summed E-state index contributed by atoms with van der Waals surface area (Å²) in [5.74, 6) is -0.460. The van der Waals surface area contributed by atoms with Gasteiger partial charge in [0.15, 0.2) is 0 Å². The van der Waals surface area contributed by atoms with E-state index < -0.39 is 21.8 Å². The van der Waals surface area contributed by atoms with Crippen molar-refractivity contribution in [2.45, 2.75) is 51.0 Å². The van der Waals surface area contributed by atoms with E-state index in [2.05, 4.69) is 10.9 Å². The van der Waals surface area contributed by atoms with E-state index in [0.717, 1.165) is 19.3 Å². The molecule has 0 atom stereocenters. The van der Waals surface area contributed by atoms with Crippen molar-refractivity contribution in [2.75, 3.05) is 13.1 Å². The van der Waals surface area contributed by atoms with Gasteiger partial charge >= 0.3 is 0 Å². The molecule has 2 N–H and O–H groups in total. The molecule has 0 spiro atoms. The van der Waals surface area contributed by atoms with Crippen molar-refractivity contribution in [3.05, 3.63) is 59.2 Å². The predicted molar refractivity (Wildman–Crippen MR) is 121 cm³/mol. The Labute approximate surface area is 189 Å². The number of sulfonamides is 1. The van der Waals surface area contributed by atoms with E-state index in [1.807, 2.05) is 13.8 Å². The maximum atomic E-state index is 13.0. The lowest BCUT2D eigenvalue weighted by molar-refractivity contribution is 0.0846. The number of benzene rings is 2. The molecular formula is C23H29N3O5S. The second-order valence-corrected chi connectivity index (χ2v) is 9.95. The number of hydrazine groups is 1. The maximum Gasteiger partial charge on any atom is 0.269 e. The number of amides is 2. The molecule has 0 aromatic heterocycles. The first-order chi connectivity index (χ1) is 15.2. The molecule has 2 amide bonds. The van der Waals surface area contributed by atoms with Gasteiger partial charge in [-0.05, 0) is 75.6 Å². The average molecular weight is 460 g/mol. The first kappa shape index (κ1) is 23.7. The lowest BCUT2D eigenvalue weighted by Crippen LogP contribution is -2.41. The smallest absolute Gasteiger partial charge is 0.269 e. The molecule has 1 heterocycles. The number of aryl methyl sites for hydroxylation is 1. The van der Waals surface area contributed by atoms with Gasteiger partial charge in [0.2, 0.25) is 10.0 Å². The molecule has 0 bridgehead atoms. The Kier molecular flexibility index (Phi) is 7.52. The van der Waals surface area contributed by atoms with Gasteiger partial charge in [0, 0.05) is 24.2 Å². The first-order valence-electron chi connectivity index (χ1n) is 10.7. The van der Waals surface area contributed by atoms with E-state index in [0.29, 0.717) is 30.0 Å². The highest BCUT2D eigenvalue weighted by atomic mass is 32.2. The Bertz CT molecular complexity index is 1080. The molecule has 1 aliphatic heterocycles. The molecule has 0 unspecified atom stereocenters. The number of hydrogen-bond donors (Lipinski definition) is 2. The minimum absolute atomic E-state index is 0.0205. The van der Waals surface area contributed by atoms with Gasteiger partial charge in [-0.1, -0.05) is 12.5 Å². The van der Waals surface area contributed by atoms with Gasteiger partial charge in [-0.3, -0.25) is 20.4 Å². The standard InChI is InChI=1S/C23H29N3O5S/c1-16(2)31-20-11-9-18(10-12-20)22(27)24-25-23(28)19-8-7-17(3)21(15-19)32(29,30)26-13-5-4-6-14-26/h7-12,15-16H,4-6,13-14H2,1-3H3,(H,24,27)(H,25,28). The topological polar surface area (TPSA) is 105 Å². The molecule has 3 rings (SSSR count). The van der Waals surface area contributed by atoms with Gasteiger partial charge in [-0.2, -0.15) is 4.31 Å². The quantitative estimate of drug-likeness (QED) is 0.646. The molecule has 172 valence electrons. The van der Waals surface area contributed by atoms with Gasteiger partial charge in [-0.25, -0.2) is 8.42 Å². The highest BCUT2D eigenvalue weighted by Crippen LogP contribution is 2.24. The minimum atomic E-state index is -3.68. The number of hydrogen-bond acceptors (Lipinski definition) is 5. The normalized spacial score (nSPS) is 14.8. The van der Waals surface area contributed by atoms with E-state index in [-0.39, 0.29) is 16.6 Å². The maximum absolute atomic E-state index is 13.0. The number of carbonyl (C=O) groups is 2. The Balaban J connectivity index is 1.67. The van der Waals surface area contributed by atoms with Crippen molar-refractivity contribution in [3.8, 4) is 5.75 Å². The fourth-order valence-corrected chi connectivity index (χ4v) is 5.25. The third-order valence-electron chi connectivity index (χ3n) is 5.16. The molecule has 2 aromatic rings. The van der Waals surface area contributed by atoms with Gasteiger partial charge < -0.3 is 4.74 Å². The van der Waals surface area contributed by atoms with Crippen molar-refractivity contribution >= 4 is 21.8 Å². The zero-order valence-corrected chi connectivity index (χ0v) is 19.4. The van der Waals surface area contributed by atoms with Gasteiger partial charge in [0.05, 0.1) is 11.0 Å². The van der Waals surface area contributed by atoms with E-state index in [9.17, 15) is 18.0 Å². The third kappa shape index (κ3) is 5.66. The Morgan fingerprint density at radius 2 is 1.47 bits per heavy atom. The number of nitrogens with zero attached hydrogens (tertiary/aromatic N) is 1. The molecule has 1 saturated heterocycles. The molecule has 32 heavy (non-hydrogen) atoms. The summed E-state index contributed by atoms with van der Waals surface area (Å²) in [6.07, 6.45) is 2.69. The number of piperidine rings is 1. The summed E-state index contributed by atoms with van der Waals surface area (Å²) in [6.45, 7) is 6.48. The molecule has 1 aliphatic rings. The fraction of sp³-hybridized carbons (Fsp3) is 0.391. The van der Waals surface area contributed by atoms with Crippen LogP contribution in [0.5, 0.6) is 5.75 Å². The van der Waals surface area contributed by atoms with Crippen molar-refractivity contribution in [2.24, 2.45) is 0 Å². The molecule has 9 heteroatoms. The van der Waals surface area contributed by atoms with Crippen LogP contribution < -0.4 is 15.6 Å². The van der Waals surface area contributed by atoms with Crippen LogP contribution in [0, 0.1) is 6.92 Å². The monoisotopic (exact) mass is 459 g/mol. The highest BCUT2D eigenvalue weighted by molar-refractivity contribution is 7.89. The molecule has 8 nitrogen and oxygen atoms in total. The highest BCUT2D eigenvalue weighted by Gasteiger charge is 2.28. The third-order valence-corrected chi connectivity index (χ3v) is 7.20. The number of carbonyl (C=O) groups excluding carboxylic acids is 2. The van der Waals surface area contributed by atoms with Crippen LogP contribution in [0.4, 0.5) is 0 Å². The van der Waals surface area contributed by atoms with Gasteiger partial charge in [-0.15, -0.1) is 0 Å². The number of rotatable bonds is 6. The van der Waals surface area contributed by atoms with Crippen LogP contribution in [0.25, 0.3) is 0 Å². The first-order valence-corrected chi connectivity index (χ1v) is 12.1. The summed E-state index contributed by atoms with van der Waals surface area (Å²) in [6, 6.07) is 11.0. The number of ether oxygens (including phenoxy) is 1. The molecule has 1 fully saturated rings. The van der Waals surface area contributed by atoms with E-state index >= 15 is 0 Å². The summed E-state index contributed by atoms with van der Waals surface area (Å²) < 4.78 is 33.1. The van der Waals surface area contributed by atoms with Gasteiger partial charge in [0.1, 0.15) is 5.75 Å². The van der Waals surface area contributed by atoms with E-state index in [1.54, 1.807) is 37.3 Å². The largest absolute Gasteiger partial charge is 0.491 e. The van der Waals surface area contributed by atoms with Crippen molar-refractivity contribution in [3.63, 3.8) is 0 Å². The van der Waals surface area contributed by atoms with Gasteiger partial charge in [0.25, 0.3) is 11.8 Å². The van der Waals surface area contributed by atoms with Crippen LogP contribution in [0.1, 0.15) is 59.4 Å².